The van der Waals surface area contributed by atoms with Crippen LogP contribution in [0, 0.1) is 13.8 Å². The lowest BCUT2D eigenvalue weighted by Gasteiger charge is -2.41. The smallest absolute Gasteiger partial charge is 0.258 e. The van der Waals surface area contributed by atoms with Gasteiger partial charge in [-0.2, -0.15) is 5.06 Å². The second-order valence-corrected chi connectivity index (χ2v) is 6.90. The van der Waals surface area contributed by atoms with E-state index >= 15 is 0 Å². The molecule has 0 unspecified atom stereocenters. The molecule has 1 fully saturated rings. The molecule has 1 aromatic carbocycles. The van der Waals surface area contributed by atoms with Crippen LogP contribution in [0.4, 0.5) is 0 Å². The van der Waals surface area contributed by atoms with Crippen LogP contribution in [0.3, 0.4) is 0 Å². The van der Waals surface area contributed by atoms with Gasteiger partial charge in [-0.05, 0) is 49.9 Å². The number of halogens is 1. The molecule has 2 aliphatic rings. The Morgan fingerprint density at radius 2 is 1.74 bits per heavy atom. The van der Waals surface area contributed by atoms with Crippen LogP contribution in [0.2, 0.25) is 5.02 Å². The maximum Gasteiger partial charge on any atom is 0.258 e. The minimum atomic E-state index is -0.742. The maximum absolute atomic E-state index is 12.8. The number of piperidine rings is 1. The zero-order valence-electron chi connectivity index (χ0n) is 13.6. The van der Waals surface area contributed by atoms with Crippen molar-refractivity contribution in [1.29, 1.82) is 0 Å². The van der Waals surface area contributed by atoms with Crippen LogP contribution in [0.5, 0.6) is 0 Å². The zero-order chi connectivity index (χ0) is 16.9. The molecule has 124 valence electrons. The van der Waals surface area contributed by atoms with Crippen LogP contribution in [0.15, 0.2) is 17.9 Å². The summed E-state index contributed by atoms with van der Waals surface area (Å²) in [7, 11) is 1.70. The summed E-state index contributed by atoms with van der Waals surface area (Å²) in [6.07, 6.45) is 0.979. The van der Waals surface area contributed by atoms with Gasteiger partial charge >= 0.3 is 0 Å². The van der Waals surface area contributed by atoms with Gasteiger partial charge in [0.2, 0.25) is 0 Å². The average molecular weight is 337 g/mol. The molecular formula is C17H21ClN2O3. The average Bonchev–Trinajstić information content (AvgIpc) is 2.68. The van der Waals surface area contributed by atoms with Crippen LogP contribution in [0.25, 0.3) is 5.57 Å². The molecule has 0 radical (unpaired) electrons. The zero-order valence-corrected chi connectivity index (χ0v) is 14.3. The SMILES string of the molecule is Cc1cc(Cl)c(C2=C(O)C3(CCN(O)CC3)N(C)C2=O)cc1C. The Balaban J connectivity index is 2.13. The van der Waals surface area contributed by atoms with Crippen molar-refractivity contribution in [3.05, 3.63) is 39.6 Å². The number of carbonyl (C=O) groups is 1. The molecule has 2 aliphatic heterocycles. The van der Waals surface area contributed by atoms with Crippen molar-refractivity contribution < 1.29 is 15.1 Å². The van der Waals surface area contributed by atoms with E-state index in [1.54, 1.807) is 11.9 Å². The Kier molecular flexibility index (Phi) is 3.91. The van der Waals surface area contributed by atoms with Crippen molar-refractivity contribution in [3.8, 4) is 0 Å². The van der Waals surface area contributed by atoms with E-state index in [-0.39, 0.29) is 17.2 Å². The van der Waals surface area contributed by atoms with Crippen LogP contribution >= 0.6 is 11.6 Å². The van der Waals surface area contributed by atoms with Gasteiger partial charge in [-0.3, -0.25) is 4.79 Å². The number of benzene rings is 1. The third-order valence-corrected chi connectivity index (χ3v) is 5.57. The Morgan fingerprint density at radius 3 is 2.35 bits per heavy atom. The summed E-state index contributed by atoms with van der Waals surface area (Å²) in [5.41, 5.74) is 2.18. The first-order valence-electron chi connectivity index (χ1n) is 7.71. The fraction of sp³-hybridized carbons (Fsp3) is 0.471. The van der Waals surface area contributed by atoms with E-state index in [1.807, 2.05) is 26.0 Å². The highest BCUT2D eigenvalue weighted by atomic mass is 35.5. The first kappa shape index (κ1) is 16.3. The number of aryl methyl sites for hydroxylation is 2. The topological polar surface area (TPSA) is 64.0 Å². The molecule has 23 heavy (non-hydrogen) atoms. The molecule has 1 amide bonds. The maximum atomic E-state index is 12.8. The van der Waals surface area contributed by atoms with E-state index in [0.29, 0.717) is 36.5 Å². The minimum Gasteiger partial charge on any atom is -0.509 e. The molecule has 1 saturated heterocycles. The summed E-state index contributed by atoms with van der Waals surface area (Å²) >= 11 is 6.35. The standard InChI is InChI=1S/C17H21ClN2O3/c1-10-8-12(13(18)9-11(10)2)14-15(21)17(19(3)16(14)22)4-6-20(23)7-5-17/h8-9,21,23H,4-7H2,1-3H3. The van der Waals surface area contributed by atoms with Crippen molar-refractivity contribution >= 4 is 23.1 Å². The van der Waals surface area contributed by atoms with E-state index in [9.17, 15) is 15.1 Å². The van der Waals surface area contributed by atoms with Crippen LogP contribution in [-0.2, 0) is 4.79 Å². The van der Waals surface area contributed by atoms with Crippen molar-refractivity contribution in [1.82, 2.24) is 9.96 Å². The number of hydroxylamine groups is 2. The van der Waals surface area contributed by atoms with Crippen LogP contribution < -0.4 is 0 Å². The number of aliphatic hydroxyl groups is 1. The quantitative estimate of drug-likeness (QED) is 0.827. The lowest BCUT2D eigenvalue weighted by molar-refractivity contribution is -0.141. The number of amides is 1. The van der Waals surface area contributed by atoms with Gasteiger partial charge in [-0.1, -0.05) is 11.6 Å². The molecule has 6 heteroatoms. The number of hydrogen-bond donors (Lipinski definition) is 2. The first-order chi connectivity index (χ1) is 10.8. The first-order valence-corrected chi connectivity index (χ1v) is 8.08. The van der Waals surface area contributed by atoms with Gasteiger partial charge in [0.1, 0.15) is 11.3 Å². The van der Waals surface area contributed by atoms with Gasteiger partial charge in [0.15, 0.2) is 0 Å². The van der Waals surface area contributed by atoms with Gasteiger partial charge in [0.25, 0.3) is 5.91 Å². The molecule has 0 atom stereocenters. The molecule has 1 aromatic rings. The summed E-state index contributed by atoms with van der Waals surface area (Å²) in [6, 6.07) is 3.68. The summed E-state index contributed by atoms with van der Waals surface area (Å²) in [4.78, 5) is 14.4. The third-order valence-electron chi connectivity index (χ3n) is 5.26. The summed E-state index contributed by atoms with van der Waals surface area (Å²) < 4.78 is 0. The van der Waals surface area contributed by atoms with E-state index in [1.165, 1.54) is 5.06 Å². The number of rotatable bonds is 1. The van der Waals surface area contributed by atoms with Crippen molar-refractivity contribution in [2.75, 3.05) is 20.1 Å². The molecule has 3 rings (SSSR count). The van der Waals surface area contributed by atoms with Crippen molar-refractivity contribution in [3.63, 3.8) is 0 Å². The number of likely N-dealkylation sites (N-methyl/N-ethyl adjacent to an activating group) is 1. The number of carbonyl (C=O) groups excluding carboxylic acids is 1. The highest BCUT2D eigenvalue weighted by Gasteiger charge is 2.52. The Hall–Kier alpha value is -1.56. The van der Waals surface area contributed by atoms with Crippen LogP contribution in [0.1, 0.15) is 29.5 Å². The molecule has 0 aromatic heterocycles. The molecule has 0 saturated carbocycles. The van der Waals surface area contributed by atoms with Gasteiger partial charge < -0.3 is 15.2 Å². The predicted octanol–water partition coefficient (Wildman–Crippen LogP) is 2.92. The number of hydrogen-bond acceptors (Lipinski definition) is 4. The van der Waals surface area contributed by atoms with E-state index in [0.717, 1.165) is 11.1 Å². The fourth-order valence-corrected chi connectivity index (χ4v) is 3.82. The molecule has 2 N–H and O–H groups in total. The third kappa shape index (κ3) is 2.35. The highest BCUT2D eigenvalue weighted by Crippen LogP contribution is 2.45. The second-order valence-electron chi connectivity index (χ2n) is 6.49. The summed E-state index contributed by atoms with van der Waals surface area (Å²) in [5.74, 6) is -0.151. The van der Waals surface area contributed by atoms with Crippen molar-refractivity contribution in [2.24, 2.45) is 0 Å². The minimum absolute atomic E-state index is 0.0725. The molecular weight excluding hydrogens is 316 g/mol. The number of aliphatic hydroxyl groups excluding tert-OH is 1. The predicted molar refractivity (Wildman–Crippen MR) is 88.6 cm³/mol. The molecule has 2 heterocycles. The Morgan fingerprint density at radius 1 is 1.17 bits per heavy atom. The van der Waals surface area contributed by atoms with Gasteiger partial charge in [0.05, 0.1) is 5.57 Å². The Bertz CT molecular complexity index is 706. The van der Waals surface area contributed by atoms with E-state index < -0.39 is 5.54 Å². The number of nitrogens with zero attached hydrogens (tertiary/aromatic N) is 2. The fourth-order valence-electron chi connectivity index (χ4n) is 3.51. The normalized spacial score (nSPS) is 21.6. The molecule has 5 nitrogen and oxygen atoms in total. The molecule has 0 aliphatic carbocycles. The molecule has 1 spiro atoms. The largest absolute Gasteiger partial charge is 0.509 e. The summed E-state index contributed by atoms with van der Waals surface area (Å²) in [5, 5.41) is 22.2. The highest BCUT2D eigenvalue weighted by molar-refractivity contribution is 6.35. The van der Waals surface area contributed by atoms with Crippen molar-refractivity contribution in [2.45, 2.75) is 32.2 Å². The van der Waals surface area contributed by atoms with Gasteiger partial charge in [0, 0.05) is 30.7 Å². The lowest BCUT2D eigenvalue weighted by atomic mass is 9.85. The lowest BCUT2D eigenvalue weighted by Crippen LogP contribution is -2.53. The summed E-state index contributed by atoms with van der Waals surface area (Å²) in [6.45, 7) is 4.74. The van der Waals surface area contributed by atoms with E-state index in [2.05, 4.69) is 0 Å². The van der Waals surface area contributed by atoms with Gasteiger partial charge in [-0.25, -0.2) is 0 Å². The van der Waals surface area contributed by atoms with Gasteiger partial charge in [-0.15, -0.1) is 0 Å². The second kappa shape index (κ2) is 5.51. The molecule has 0 bridgehead atoms. The van der Waals surface area contributed by atoms with E-state index in [4.69, 9.17) is 11.6 Å². The Labute approximate surface area is 140 Å². The monoisotopic (exact) mass is 336 g/mol. The van der Waals surface area contributed by atoms with Crippen LogP contribution in [-0.4, -0.2) is 51.9 Å².